The first-order valence-electron chi connectivity index (χ1n) is 12.3. The molecule has 0 aliphatic heterocycles. The number of aromatic amines is 2. The number of hydrogen-bond donors (Lipinski definition) is 2. The van der Waals surface area contributed by atoms with E-state index >= 15 is 0 Å². The van der Waals surface area contributed by atoms with Gasteiger partial charge in [-0.25, -0.2) is 0 Å². The normalized spacial score (nSPS) is 12.2. The molecule has 204 valence electrons. The van der Waals surface area contributed by atoms with Crippen LogP contribution in [0.5, 0.6) is 11.5 Å². The van der Waals surface area contributed by atoms with Crippen LogP contribution in [0.3, 0.4) is 0 Å². The fourth-order valence-corrected chi connectivity index (χ4v) is 6.51. The van der Waals surface area contributed by atoms with Gasteiger partial charge in [0.05, 0.1) is 37.9 Å². The van der Waals surface area contributed by atoms with Crippen LogP contribution in [0.2, 0.25) is 0 Å². The summed E-state index contributed by atoms with van der Waals surface area (Å²) in [6.07, 6.45) is 3.07. The molecule has 12 heteroatoms. The zero-order valence-electron chi connectivity index (χ0n) is 21.7. The molecule has 0 saturated carbocycles. The lowest BCUT2D eigenvalue weighted by Crippen LogP contribution is -2.13. The minimum atomic E-state index is -3.49. The SMILES string of the molecule is CCOP(=O)(COc1cccc(OCP(=O)(OCC)OCC)c1C(c1ccc[nH]1)c1ccc[nH]1)OCC. The minimum absolute atomic E-state index is 0.217. The van der Waals surface area contributed by atoms with Crippen molar-refractivity contribution in [2.75, 3.05) is 39.1 Å². The second-order valence-electron chi connectivity index (χ2n) is 7.79. The summed E-state index contributed by atoms with van der Waals surface area (Å²) in [5.41, 5.74) is 2.35. The third-order valence-electron chi connectivity index (χ3n) is 5.24. The Labute approximate surface area is 218 Å². The van der Waals surface area contributed by atoms with Gasteiger partial charge in [0.25, 0.3) is 0 Å². The van der Waals surface area contributed by atoms with Crippen molar-refractivity contribution >= 4 is 15.2 Å². The smallest absolute Gasteiger partial charge is 0.367 e. The summed E-state index contributed by atoms with van der Waals surface area (Å²) in [6.45, 7) is 7.84. The number of hydrogen-bond acceptors (Lipinski definition) is 8. The van der Waals surface area contributed by atoms with Crippen molar-refractivity contribution in [2.45, 2.75) is 33.6 Å². The van der Waals surface area contributed by atoms with Crippen LogP contribution in [0.4, 0.5) is 0 Å². The molecule has 0 aliphatic rings. The van der Waals surface area contributed by atoms with Gasteiger partial charge < -0.3 is 37.5 Å². The van der Waals surface area contributed by atoms with E-state index in [9.17, 15) is 9.13 Å². The van der Waals surface area contributed by atoms with Crippen molar-refractivity contribution in [3.63, 3.8) is 0 Å². The molecular formula is C25H36N2O8P2. The van der Waals surface area contributed by atoms with Crippen LogP contribution in [0.1, 0.15) is 50.6 Å². The average Bonchev–Trinajstić information content (AvgIpc) is 3.59. The zero-order chi connectivity index (χ0) is 26.7. The van der Waals surface area contributed by atoms with E-state index in [0.29, 0.717) is 17.1 Å². The van der Waals surface area contributed by atoms with E-state index in [4.69, 9.17) is 27.6 Å². The first kappa shape index (κ1) is 29.2. The number of rotatable bonds is 17. The lowest BCUT2D eigenvalue weighted by molar-refractivity contribution is 0.194. The van der Waals surface area contributed by atoms with Gasteiger partial charge in [0.15, 0.2) is 12.7 Å². The summed E-state index contributed by atoms with van der Waals surface area (Å²) in [5.74, 6) is 0.441. The topological polar surface area (TPSA) is 121 Å². The highest BCUT2D eigenvalue weighted by molar-refractivity contribution is 7.53. The Kier molecular flexibility index (Phi) is 11.1. The Morgan fingerprint density at radius 2 is 1.05 bits per heavy atom. The van der Waals surface area contributed by atoms with Gasteiger partial charge >= 0.3 is 15.2 Å². The molecule has 0 unspecified atom stereocenters. The van der Waals surface area contributed by atoms with Crippen molar-refractivity contribution in [3.8, 4) is 11.5 Å². The van der Waals surface area contributed by atoms with Crippen molar-refractivity contribution in [3.05, 3.63) is 71.8 Å². The molecule has 2 N–H and O–H groups in total. The Hall–Kier alpha value is -2.32. The van der Waals surface area contributed by atoms with Gasteiger partial charge in [-0.2, -0.15) is 0 Å². The predicted octanol–water partition coefficient (Wildman–Crippen LogP) is 6.73. The van der Waals surface area contributed by atoms with Crippen molar-refractivity contribution < 1.29 is 36.7 Å². The highest BCUT2D eigenvalue weighted by Gasteiger charge is 2.31. The monoisotopic (exact) mass is 554 g/mol. The number of ether oxygens (including phenoxy) is 2. The molecule has 0 spiro atoms. The van der Waals surface area contributed by atoms with Gasteiger partial charge in [0.1, 0.15) is 11.5 Å². The second-order valence-corrected chi connectivity index (χ2v) is 11.8. The van der Waals surface area contributed by atoms with E-state index in [0.717, 1.165) is 11.4 Å². The fourth-order valence-electron chi connectivity index (χ4n) is 3.89. The molecule has 37 heavy (non-hydrogen) atoms. The summed E-state index contributed by atoms with van der Waals surface area (Å²) in [7, 11) is -6.99. The molecule has 2 aromatic heterocycles. The molecule has 0 bridgehead atoms. The first-order valence-corrected chi connectivity index (χ1v) is 15.8. The van der Waals surface area contributed by atoms with Crippen LogP contribution < -0.4 is 9.47 Å². The molecule has 0 saturated heterocycles. The molecule has 0 atom stereocenters. The Bertz CT molecular complexity index is 1060. The van der Waals surface area contributed by atoms with Crippen LogP contribution in [0, 0.1) is 0 Å². The quantitative estimate of drug-likeness (QED) is 0.176. The highest BCUT2D eigenvalue weighted by Crippen LogP contribution is 2.51. The zero-order valence-corrected chi connectivity index (χ0v) is 23.5. The molecular weight excluding hydrogens is 518 g/mol. The molecule has 0 fully saturated rings. The van der Waals surface area contributed by atoms with Crippen molar-refractivity contribution in [1.29, 1.82) is 0 Å². The maximum atomic E-state index is 13.1. The number of nitrogens with one attached hydrogen (secondary N) is 2. The third-order valence-corrected chi connectivity index (χ3v) is 8.74. The molecule has 3 aromatic rings. The summed E-state index contributed by atoms with van der Waals surface area (Å²) >= 11 is 0. The summed E-state index contributed by atoms with van der Waals surface area (Å²) in [4.78, 5) is 6.53. The number of benzene rings is 1. The molecule has 10 nitrogen and oxygen atoms in total. The van der Waals surface area contributed by atoms with E-state index in [1.54, 1.807) is 45.9 Å². The second kappa shape index (κ2) is 14.0. The van der Waals surface area contributed by atoms with Crippen molar-refractivity contribution in [1.82, 2.24) is 9.97 Å². The summed E-state index contributed by atoms with van der Waals surface area (Å²) in [5, 5.41) is 0. The van der Waals surface area contributed by atoms with Crippen LogP contribution in [-0.4, -0.2) is 49.1 Å². The summed E-state index contributed by atoms with van der Waals surface area (Å²) < 4.78 is 60.1. The van der Waals surface area contributed by atoms with Crippen LogP contribution >= 0.6 is 15.2 Å². The highest BCUT2D eigenvalue weighted by atomic mass is 31.2. The van der Waals surface area contributed by atoms with Gasteiger partial charge in [0.2, 0.25) is 0 Å². The molecule has 0 amide bonds. The first-order chi connectivity index (χ1) is 17.9. The molecule has 1 aromatic carbocycles. The Morgan fingerprint density at radius 3 is 1.38 bits per heavy atom. The van der Waals surface area contributed by atoms with E-state index in [-0.39, 0.29) is 45.0 Å². The van der Waals surface area contributed by atoms with Gasteiger partial charge in [-0.15, -0.1) is 0 Å². The van der Waals surface area contributed by atoms with Gasteiger partial charge in [-0.05, 0) is 64.1 Å². The lowest BCUT2D eigenvalue weighted by Gasteiger charge is -2.25. The molecule has 0 aliphatic carbocycles. The average molecular weight is 555 g/mol. The van der Waals surface area contributed by atoms with Crippen LogP contribution in [-0.2, 0) is 27.2 Å². The maximum Gasteiger partial charge on any atom is 0.367 e. The largest absolute Gasteiger partial charge is 0.480 e. The molecule has 2 heterocycles. The predicted molar refractivity (Wildman–Crippen MR) is 142 cm³/mol. The van der Waals surface area contributed by atoms with Crippen molar-refractivity contribution in [2.24, 2.45) is 0 Å². The van der Waals surface area contributed by atoms with E-state index in [1.165, 1.54) is 0 Å². The van der Waals surface area contributed by atoms with Gasteiger partial charge in [-0.3, -0.25) is 9.13 Å². The maximum absolute atomic E-state index is 13.1. The lowest BCUT2D eigenvalue weighted by atomic mass is 9.91. The van der Waals surface area contributed by atoms with E-state index in [1.807, 2.05) is 36.7 Å². The van der Waals surface area contributed by atoms with E-state index in [2.05, 4.69) is 9.97 Å². The Morgan fingerprint density at radius 1 is 0.649 bits per heavy atom. The van der Waals surface area contributed by atoms with Crippen LogP contribution in [0.25, 0.3) is 0 Å². The van der Waals surface area contributed by atoms with Gasteiger partial charge in [0, 0.05) is 23.8 Å². The summed E-state index contributed by atoms with van der Waals surface area (Å²) in [6, 6.07) is 12.9. The van der Waals surface area contributed by atoms with Crippen LogP contribution in [0.15, 0.2) is 54.9 Å². The number of H-pyrrole nitrogens is 2. The molecule has 3 rings (SSSR count). The standard InChI is InChI=1S/C25H36N2O8P2/c1-5-32-36(28,33-6-2)18-30-22-14-9-15-23(31-19-37(29,34-7-3)35-8-4)25(22)24(20-12-10-16-26-20)21-13-11-17-27-21/h9-17,24,26-27H,5-8,18-19H2,1-4H3. The third kappa shape index (κ3) is 7.84. The molecule has 0 radical (unpaired) electrons. The van der Waals surface area contributed by atoms with Gasteiger partial charge in [-0.1, -0.05) is 6.07 Å². The minimum Gasteiger partial charge on any atom is -0.480 e. The van der Waals surface area contributed by atoms with E-state index < -0.39 is 15.2 Å². The number of aromatic nitrogens is 2. The fraction of sp³-hybridized carbons (Fsp3) is 0.440. The Balaban J connectivity index is 2.07.